The molecule has 9 nitrogen and oxygen atoms in total. The number of likely N-dealkylation sites (tertiary alicyclic amines) is 1. The lowest BCUT2D eigenvalue weighted by molar-refractivity contribution is -0.141. The number of H-pyrrole nitrogens is 1. The van der Waals surface area contributed by atoms with E-state index in [4.69, 9.17) is 0 Å². The third-order valence-corrected chi connectivity index (χ3v) is 4.58. The number of hydrogen-bond acceptors (Lipinski definition) is 5. The molecule has 134 valence electrons. The van der Waals surface area contributed by atoms with Crippen molar-refractivity contribution in [1.29, 1.82) is 0 Å². The third kappa shape index (κ3) is 3.71. The van der Waals surface area contributed by atoms with Gasteiger partial charge in [0.25, 0.3) is 5.56 Å². The second-order valence-corrected chi connectivity index (χ2v) is 6.54. The molecule has 9 heteroatoms. The number of aromatic nitrogens is 4. The number of aliphatic hydroxyl groups is 1. The number of carbonyl (C=O) groups excluding carboxylic acids is 1. The Bertz CT molecular complexity index is 852. The molecule has 1 saturated heterocycles. The standard InChI is InChI=1S/C16H21N5O4/c1-16(25)10-20(14(23)4-6-19-9-5-17-11-19)7-2-12(16)21-8-3-13(22)18-15(21)24/h3,5,8-9,11-12,25H,2,4,6-7,10H2,1H3,(H,18,22,24)/t12-,16-/m1/s1. The van der Waals surface area contributed by atoms with Crippen molar-refractivity contribution in [3.8, 4) is 0 Å². The number of rotatable bonds is 4. The molecule has 3 rings (SSSR count). The summed E-state index contributed by atoms with van der Waals surface area (Å²) in [6, 6.07) is 0.745. The van der Waals surface area contributed by atoms with E-state index in [1.165, 1.54) is 16.8 Å². The maximum Gasteiger partial charge on any atom is 0.328 e. The van der Waals surface area contributed by atoms with Crippen LogP contribution >= 0.6 is 0 Å². The molecule has 1 aliphatic rings. The summed E-state index contributed by atoms with van der Waals surface area (Å²) in [6.07, 6.45) is 7.22. The lowest BCUT2D eigenvalue weighted by Crippen LogP contribution is -2.56. The molecule has 1 amide bonds. The van der Waals surface area contributed by atoms with Gasteiger partial charge in [0.1, 0.15) is 5.60 Å². The quantitative estimate of drug-likeness (QED) is 0.763. The minimum atomic E-state index is -1.27. The number of β-amino-alcohol motifs (C(OH)–C–C–N with tert-alkyl or cyclic N) is 1. The Labute approximate surface area is 143 Å². The third-order valence-electron chi connectivity index (χ3n) is 4.58. The van der Waals surface area contributed by atoms with Gasteiger partial charge in [0.05, 0.1) is 18.9 Å². The molecular weight excluding hydrogens is 326 g/mol. The molecule has 0 radical (unpaired) electrons. The summed E-state index contributed by atoms with van der Waals surface area (Å²) in [6.45, 7) is 2.70. The van der Waals surface area contributed by atoms with Gasteiger partial charge in [-0.2, -0.15) is 0 Å². The van der Waals surface area contributed by atoms with Gasteiger partial charge in [-0.1, -0.05) is 0 Å². The van der Waals surface area contributed by atoms with E-state index < -0.39 is 22.9 Å². The minimum absolute atomic E-state index is 0.0544. The van der Waals surface area contributed by atoms with Crippen LogP contribution in [-0.2, 0) is 11.3 Å². The average molecular weight is 347 g/mol. The summed E-state index contributed by atoms with van der Waals surface area (Å²) < 4.78 is 3.15. The summed E-state index contributed by atoms with van der Waals surface area (Å²) in [4.78, 5) is 43.3. The molecule has 2 aromatic rings. The zero-order chi connectivity index (χ0) is 18.0. The molecule has 0 unspecified atom stereocenters. The van der Waals surface area contributed by atoms with Gasteiger partial charge in [0.15, 0.2) is 0 Å². The average Bonchev–Trinajstić information content (AvgIpc) is 3.06. The zero-order valence-corrected chi connectivity index (χ0v) is 14.0. The summed E-state index contributed by atoms with van der Waals surface area (Å²) in [5.74, 6) is -0.0544. The Kier molecular flexibility index (Phi) is 4.58. The van der Waals surface area contributed by atoms with Crippen LogP contribution in [0.4, 0.5) is 0 Å². The van der Waals surface area contributed by atoms with Crippen LogP contribution in [0.25, 0.3) is 0 Å². The number of aryl methyl sites for hydroxylation is 1. The Morgan fingerprint density at radius 3 is 2.88 bits per heavy atom. The fraction of sp³-hybridized carbons (Fsp3) is 0.500. The molecule has 2 aromatic heterocycles. The molecule has 3 heterocycles. The number of nitrogens with zero attached hydrogens (tertiary/aromatic N) is 4. The van der Waals surface area contributed by atoms with E-state index in [2.05, 4.69) is 9.97 Å². The van der Waals surface area contributed by atoms with Gasteiger partial charge in [-0.05, 0) is 13.3 Å². The van der Waals surface area contributed by atoms with Crippen LogP contribution in [0.5, 0.6) is 0 Å². The maximum atomic E-state index is 12.4. The van der Waals surface area contributed by atoms with Crippen molar-refractivity contribution in [2.24, 2.45) is 0 Å². The van der Waals surface area contributed by atoms with Crippen molar-refractivity contribution in [3.63, 3.8) is 0 Å². The molecule has 0 saturated carbocycles. The van der Waals surface area contributed by atoms with Gasteiger partial charge < -0.3 is 14.6 Å². The maximum absolute atomic E-state index is 12.4. The highest BCUT2D eigenvalue weighted by Gasteiger charge is 2.40. The van der Waals surface area contributed by atoms with E-state index in [1.54, 1.807) is 30.5 Å². The first-order valence-electron chi connectivity index (χ1n) is 8.14. The van der Waals surface area contributed by atoms with Crippen LogP contribution in [0, 0.1) is 0 Å². The highest BCUT2D eigenvalue weighted by atomic mass is 16.3. The normalized spacial score (nSPS) is 23.6. The molecule has 0 aliphatic carbocycles. The van der Waals surface area contributed by atoms with E-state index in [-0.39, 0.29) is 12.5 Å². The minimum Gasteiger partial charge on any atom is -0.386 e. The fourth-order valence-electron chi connectivity index (χ4n) is 3.29. The van der Waals surface area contributed by atoms with Crippen molar-refractivity contribution in [3.05, 3.63) is 51.8 Å². The number of amides is 1. The van der Waals surface area contributed by atoms with Crippen LogP contribution in [0.3, 0.4) is 0 Å². The molecule has 2 atom stereocenters. The van der Waals surface area contributed by atoms with Crippen LogP contribution in [0.1, 0.15) is 25.8 Å². The number of imidazole rings is 1. The Balaban J connectivity index is 1.68. The van der Waals surface area contributed by atoms with Crippen molar-refractivity contribution < 1.29 is 9.90 Å². The summed E-state index contributed by atoms with van der Waals surface area (Å²) in [7, 11) is 0. The topological polar surface area (TPSA) is 113 Å². The van der Waals surface area contributed by atoms with Crippen LogP contribution in [-0.4, -0.2) is 53.7 Å². The highest BCUT2D eigenvalue weighted by molar-refractivity contribution is 5.76. The van der Waals surface area contributed by atoms with E-state index in [0.29, 0.717) is 25.9 Å². The van der Waals surface area contributed by atoms with E-state index in [9.17, 15) is 19.5 Å². The van der Waals surface area contributed by atoms with E-state index in [0.717, 1.165) is 0 Å². The van der Waals surface area contributed by atoms with Crippen molar-refractivity contribution >= 4 is 5.91 Å². The first-order chi connectivity index (χ1) is 11.9. The second-order valence-electron chi connectivity index (χ2n) is 6.54. The molecule has 1 fully saturated rings. The number of carbonyl (C=O) groups is 1. The number of piperidine rings is 1. The first kappa shape index (κ1) is 17.2. The van der Waals surface area contributed by atoms with Crippen LogP contribution in [0.2, 0.25) is 0 Å². The molecular formula is C16H21N5O4. The molecule has 0 aromatic carbocycles. The smallest absolute Gasteiger partial charge is 0.328 e. The zero-order valence-electron chi connectivity index (χ0n) is 14.0. The molecule has 0 spiro atoms. The van der Waals surface area contributed by atoms with Crippen molar-refractivity contribution in [2.45, 2.75) is 38.0 Å². The summed E-state index contributed by atoms with van der Waals surface area (Å²) in [5, 5.41) is 10.8. The SMILES string of the molecule is C[C@@]1(O)CN(C(=O)CCn2ccnc2)CC[C@H]1n1ccc(=O)[nH]c1=O. The number of aromatic amines is 1. The monoisotopic (exact) mass is 347 g/mol. The summed E-state index contributed by atoms with van der Waals surface area (Å²) >= 11 is 0. The van der Waals surface area contributed by atoms with Crippen LogP contribution in [0.15, 0.2) is 40.6 Å². The predicted octanol–water partition coefficient (Wildman–Crippen LogP) is -0.652. The van der Waals surface area contributed by atoms with Gasteiger partial charge in [-0.25, -0.2) is 9.78 Å². The molecule has 25 heavy (non-hydrogen) atoms. The number of hydrogen-bond donors (Lipinski definition) is 2. The lowest BCUT2D eigenvalue weighted by Gasteiger charge is -2.43. The van der Waals surface area contributed by atoms with Gasteiger partial charge in [-0.15, -0.1) is 0 Å². The highest BCUT2D eigenvalue weighted by Crippen LogP contribution is 2.30. The number of nitrogens with one attached hydrogen (secondary N) is 1. The molecule has 0 bridgehead atoms. The largest absolute Gasteiger partial charge is 0.386 e. The Morgan fingerprint density at radius 2 is 2.24 bits per heavy atom. The van der Waals surface area contributed by atoms with Crippen molar-refractivity contribution in [2.75, 3.05) is 13.1 Å². The summed E-state index contributed by atoms with van der Waals surface area (Å²) in [5.41, 5.74) is -2.31. The molecule has 2 N–H and O–H groups in total. The van der Waals surface area contributed by atoms with Crippen LogP contribution < -0.4 is 11.2 Å². The van der Waals surface area contributed by atoms with E-state index >= 15 is 0 Å². The van der Waals surface area contributed by atoms with Gasteiger partial charge in [0, 0.05) is 44.2 Å². The fourth-order valence-corrected chi connectivity index (χ4v) is 3.29. The Morgan fingerprint density at radius 1 is 1.44 bits per heavy atom. The van der Waals surface area contributed by atoms with Gasteiger partial charge >= 0.3 is 5.69 Å². The Hall–Kier alpha value is -2.68. The first-order valence-corrected chi connectivity index (χ1v) is 8.14. The van der Waals surface area contributed by atoms with E-state index in [1.807, 2.05) is 4.57 Å². The van der Waals surface area contributed by atoms with Gasteiger partial charge in [0.2, 0.25) is 5.91 Å². The van der Waals surface area contributed by atoms with Crippen molar-refractivity contribution in [1.82, 2.24) is 24.0 Å². The second kappa shape index (κ2) is 6.67. The molecule has 1 aliphatic heterocycles. The predicted molar refractivity (Wildman–Crippen MR) is 89.0 cm³/mol. The lowest BCUT2D eigenvalue weighted by atomic mass is 9.88. The van der Waals surface area contributed by atoms with Gasteiger partial charge in [-0.3, -0.25) is 19.1 Å².